The maximum absolute atomic E-state index is 12.6. The lowest BCUT2D eigenvalue weighted by molar-refractivity contribution is 0.0491. The van der Waals surface area contributed by atoms with Gasteiger partial charge in [0.1, 0.15) is 0 Å². The average Bonchev–Trinajstić information content (AvgIpc) is 2.61. The van der Waals surface area contributed by atoms with Crippen LogP contribution in [0.2, 0.25) is 0 Å². The summed E-state index contributed by atoms with van der Waals surface area (Å²) in [6.07, 6.45) is 1.06. The molecule has 0 bridgehead atoms. The van der Waals surface area contributed by atoms with Crippen LogP contribution in [0.5, 0.6) is 0 Å². The molecule has 116 valence electrons. The van der Waals surface area contributed by atoms with Gasteiger partial charge in [0.25, 0.3) is 0 Å². The number of ether oxygens (including phenoxy) is 1. The summed E-state index contributed by atoms with van der Waals surface area (Å²) < 4.78 is 30.4. The lowest BCUT2D eigenvalue weighted by Crippen LogP contribution is -2.26. The molecule has 6 heteroatoms. The average molecular weight is 311 g/mol. The summed E-state index contributed by atoms with van der Waals surface area (Å²) in [6, 6.07) is 6.50. The first-order chi connectivity index (χ1) is 9.69. The van der Waals surface area contributed by atoms with Gasteiger partial charge in [-0.15, -0.1) is 0 Å². The fourth-order valence-corrected chi connectivity index (χ4v) is 3.39. The quantitative estimate of drug-likeness (QED) is 0.866. The first-order valence-corrected chi connectivity index (χ1v) is 8.85. The van der Waals surface area contributed by atoms with Crippen molar-refractivity contribution < 1.29 is 17.9 Å². The molecular formula is C15H21NO4S. The lowest BCUT2D eigenvalue weighted by atomic mass is 9.83. The predicted molar refractivity (Wildman–Crippen MR) is 81.9 cm³/mol. The van der Waals surface area contributed by atoms with Gasteiger partial charge in [-0.25, -0.2) is 8.42 Å². The zero-order valence-electron chi connectivity index (χ0n) is 12.7. The van der Waals surface area contributed by atoms with Crippen molar-refractivity contribution >= 4 is 21.5 Å². The van der Waals surface area contributed by atoms with Gasteiger partial charge in [-0.3, -0.25) is 9.52 Å². The smallest absolute Gasteiger partial charge is 0.229 e. The molecule has 2 rings (SSSR count). The first-order valence-electron chi connectivity index (χ1n) is 6.96. The van der Waals surface area contributed by atoms with E-state index < -0.39 is 10.0 Å². The molecule has 0 amide bonds. The van der Waals surface area contributed by atoms with Crippen LogP contribution >= 0.6 is 0 Å². The molecular weight excluding hydrogens is 290 g/mol. The maximum Gasteiger partial charge on any atom is 0.229 e. The largest absolute Gasteiger partial charge is 0.374 e. The minimum absolute atomic E-state index is 0.0465. The molecule has 0 spiro atoms. The number of hydrogen-bond acceptors (Lipinski definition) is 4. The van der Waals surface area contributed by atoms with Crippen molar-refractivity contribution in [1.82, 2.24) is 0 Å². The van der Waals surface area contributed by atoms with Gasteiger partial charge in [-0.2, -0.15) is 0 Å². The summed E-state index contributed by atoms with van der Waals surface area (Å²) in [5, 5.41) is 0. The molecule has 5 nitrogen and oxygen atoms in total. The number of Topliss-reactive ketones (excluding diaryl/α,β-unsaturated/α-hetero) is 1. The van der Waals surface area contributed by atoms with Gasteiger partial charge in [-0.05, 0) is 44.0 Å². The third-order valence-electron chi connectivity index (χ3n) is 4.02. The number of benzene rings is 1. The van der Waals surface area contributed by atoms with Crippen molar-refractivity contribution in [3.63, 3.8) is 0 Å². The van der Waals surface area contributed by atoms with Crippen LogP contribution in [0.15, 0.2) is 24.3 Å². The minimum atomic E-state index is -3.31. The molecule has 4 unspecified atom stereocenters. The molecule has 1 aliphatic heterocycles. The Labute approximate surface area is 125 Å². The molecule has 0 radical (unpaired) electrons. The van der Waals surface area contributed by atoms with Crippen LogP contribution in [0, 0.1) is 11.8 Å². The van der Waals surface area contributed by atoms with Crippen LogP contribution in [0.3, 0.4) is 0 Å². The van der Waals surface area contributed by atoms with Crippen molar-refractivity contribution in [2.75, 3.05) is 11.0 Å². The summed E-state index contributed by atoms with van der Waals surface area (Å²) >= 11 is 0. The van der Waals surface area contributed by atoms with E-state index in [9.17, 15) is 13.2 Å². The number of carbonyl (C=O) groups excluding carboxylic acids is 1. The SMILES string of the molecule is CC1OC(C)C(C(=O)c2ccc(NS(C)(=O)=O)cc2)C1C. The highest BCUT2D eigenvalue weighted by Gasteiger charge is 2.41. The van der Waals surface area contributed by atoms with E-state index in [4.69, 9.17) is 4.74 Å². The Hall–Kier alpha value is -1.40. The van der Waals surface area contributed by atoms with Crippen LogP contribution in [-0.2, 0) is 14.8 Å². The molecule has 4 atom stereocenters. The normalized spacial score (nSPS) is 29.3. The third-order valence-corrected chi connectivity index (χ3v) is 4.62. The van der Waals surface area contributed by atoms with Gasteiger partial charge < -0.3 is 4.74 Å². The van der Waals surface area contributed by atoms with E-state index in [1.54, 1.807) is 24.3 Å². The summed E-state index contributed by atoms with van der Waals surface area (Å²) in [4.78, 5) is 12.6. The number of ketones is 1. The Morgan fingerprint density at radius 2 is 1.67 bits per heavy atom. The molecule has 1 aromatic rings. The zero-order valence-corrected chi connectivity index (χ0v) is 13.5. The molecule has 0 aromatic heterocycles. The number of carbonyl (C=O) groups is 1. The van der Waals surface area contributed by atoms with Crippen molar-refractivity contribution in [3.8, 4) is 0 Å². The second-order valence-corrected chi connectivity index (χ2v) is 7.50. The van der Waals surface area contributed by atoms with Crippen LogP contribution in [0.1, 0.15) is 31.1 Å². The second kappa shape index (κ2) is 5.77. The number of rotatable bonds is 4. The van der Waals surface area contributed by atoms with Crippen molar-refractivity contribution in [2.24, 2.45) is 11.8 Å². The highest BCUT2D eigenvalue weighted by Crippen LogP contribution is 2.34. The fourth-order valence-electron chi connectivity index (χ4n) is 2.83. The first kappa shape index (κ1) is 16.0. The number of sulfonamides is 1. The standard InChI is InChI=1S/C15H21NO4S/c1-9-10(2)20-11(3)14(9)15(17)12-5-7-13(8-6-12)16-21(4,18)19/h5-11,14,16H,1-4H3. The Morgan fingerprint density at radius 3 is 2.10 bits per heavy atom. The van der Waals surface area contributed by atoms with E-state index in [1.165, 1.54) is 0 Å². The van der Waals surface area contributed by atoms with Gasteiger partial charge in [-0.1, -0.05) is 6.92 Å². The summed E-state index contributed by atoms with van der Waals surface area (Å²) in [5.41, 5.74) is 1.03. The van der Waals surface area contributed by atoms with Crippen molar-refractivity contribution in [1.29, 1.82) is 0 Å². The molecule has 1 aromatic carbocycles. The predicted octanol–water partition coefficient (Wildman–Crippen LogP) is 2.30. The van der Waals surface area contributed by atoms with E-state index in [2.05, 4.69) is 4.72 Å². The second-order valence-electron chi connectivity index (χ2n) is 5.75. The number of nitrogens with one attached hydrogen (secondary N) is 1. The minimum Gasteiger partial charge on any atom is -0.374 e. The number of hydrogen-bond donors (Lipinski definition) is 1. The van der Waals surface area contributed by atoms with Gasteiger partial charge in [0.15, 0.2) is 5.78 Å². The van der Waals surface area contributed by atoms with Crippen molar-refractivity contribution in [3.05, 3.63) is 29.8 Å². The molecule has 1 N–H and O–H groups in total. The Balaban J connectivity index is 2.17. The molecule has 1 aliphatic rings. The van der Waals surface area contributed by atoms with Gasteiger partial charge >= 0.3 is 0 Å². The molecule has 0 saturated carbocycles. The van der Waals surface area contributed by atoms with E-state index in [1.807, 2.05) is 20.8 Å². The monoisotopic (exact) mass is 311 g/mol. The van der Waals surface area contributed by atoms with Gasteiger partial charge in [0, 0.05) is 11.3 Å². The van der Waals surface area contributed by atoms with Crippen molar-refractivity contribution in [2.45, 2.75) is 33.0 Å². The molecule has 1 fully saturated rings. The van der Waals surface area contributed by atoms with Gasteiger partial charge in [0.2, 0.25) is 10.0 Å². The van der Waals surface area contributed by atoms with Crippen LogP contribution < -0.4 is 4.72 Å². The molecule has 1 heterocycles. The number of anilines is 1. The molecule has 0 aliphatic carbocycles. The fraction of sp³-hybridized carbons (Fsp3) is 0.533. The molecule has 21 heavy (non-hydrogen) atoms. The van der Waals surface area contributed by atoms with Crippen LogP contribution in [0.25, 0.3) is 0 Å². The van der Waals surface area contributed by atoms with E-state index in [-0.39, 0.29) is 29.8 Å². The third kappa shape index (κ3) is 3.63. The van der Waals surface area contributed by atoms with E-state index in [0.717, 1.165) is 6.26 Å². The Bertz CT molecular complexity index is 624. The van der Waals surface area contributed by atoms with E-state index in [0.29, 0.717) is 11.3 Å². The molecule has 1 saturated heterocycles. The summed E-state index contributed by atoms with van der Waals surface area (Å²) in [5.74, 6) is 0.0558. The Kier molecular flexibility index (Phi) is 4.39. The Morgan fingerprint density at radius 1 is 1.10 bits per heavy atom. The highest BCUT2D eigenvalue weighted by molar-refractivity contribution is 7.92. The van der Waals surface area contributed by atoms with Crippen LogP contribution in [-0.4, -0.2) is 32.7 Å². The lowest BCUT2D eigenvalue weighted by Gasteiger charge is -2.17. The summed E-state index contributed by atoms with van der Waals surface area (Å²) in [6.45, 7) is 5.92. The maximum atomic E-state index is 12.6. The van der Waals surface area contributed by atoms with E-state index >= 15 is 0 Å². The zero-order chi connectivity index (χ0) is 15.8. The van der Waals surface area contributed by atoms with Gasteiger partial charge in [0.05, 0.1) is 24.4 Å². The highest BCUT2D eigenvalue weighted by atomic mass is 32.2. The summed E-state index contributed by atoms with van der Waals surface area (Å²) in [7, 11) is -3.31. The topological polar surface area (TPSA) is 72.5 Å². The van der Waals surface area contributed by atoms with Crippen LogP contribution in [0.4, 0.5) is 5.69 Å².